The monoisotopic (exact) mass is 530 g/mol. The molecule has 1 spiro atoms. The first-order valence-electron chi connectivity index (χ1n) is 14.1. The van der Waals surface area contributed by atoms with Crippen LogP contribution in [0.2, 0.25) is 0 Å². The van der Waals surface area contributed by atoms with Gasteiger partial charge in [0.2, 0.25) is 0 Å². The third kappa shape index (κ3) is 4.47. The highest BCUT2D eigenvalue weighted by atomic mass is 16.6. The second kappa shape index (κ2) is 9.95. The molecule has 3 fully saturated rings. The molecule has 0 radical (unpaired) electrons. The molecule has 0 atom stereocenters. The maximum Gasteiger partial charge on any atom is 0.265 e. The first-order chi connectivity index (χ1) is 19.1. The Balaban J connectivity index is 1.32. The first kappa shape index (κ1) is 24.6. The Morgan fingerprint density at radius 1 is 1.03 bits per heavy atom. The zero-order valence-electron chi connectivity index (χ0n) is 22.1. The van der Waals surface area contributed by atoms with Crippen LogP contribution in [-0.4, -0.2) is 72.5 Å². The van der Waals surface area contributed by atoms with Crippen molar-refractivity contribution in [3.63, 3.8) is 0 Å². The number of carbonyl (C=O) groups is 1. The zero-order chi connectivity index (χ0) is 26.4. The quantitative estimate of drug-likeness (QED) is 0.523. The van der Waals surface area contributed by atoms with E-state index in [9.17, 15) is 9.59 Å². The van der Waals surface area contributed by atoms with Gasteiger partial charge in [-0.25, -0.2) is 4.98 Å². The van der Waals surface area contributed by atoms with Crippen molar-refractivity contribution in [3.8, 4) is 22.6 Å². The maximum atomic E-state index is 14.2. The van der Waals surface area contributed by atoms with Crippen molar-refractivity contribution in [2.75, 3.05) is 46.1 Å². The average molecular weight is 531 g/mol. The summed E-state index contributed by atoms with van der Waals surface area (Å²) in [7, 11) is 0. The molecule has 2 aromatic heterocycles. The zero-order valence-corrected chi connectivity index (χ0v) is 22.1. The van der Waals surface area contributed by atoms with Crippen molar-refractivity contribution in [1.82, 2.24) is 19.8 Å². The molecule has 204 valence electrons. The van der Waals surface area contributed by atoms with Gasteiger partial charge in [0, 0.05) is 49.4 Å². The van der Waals surface area contributed by atoms with Crippen LogP contribution in [0, 0.1) is 5.41 Å². The molecule has 39 heavy (non-hydrogen) atoms. The van der Waals surface area contributed by atoms with Crippen molar-refractivity contribution in [3.05, 3.63) is 52.4 Å². The summed E-state index contributed by atoms with van der Waals surface area (Å²) < 4.78 is 18.7. The number of pyridine rings is 2. The molecule has 1 aromatic carbocycles. The van der Waals surface area contributed by atoms with Gasteiger partial charge in [-0.05, 0) is 60.9 Å². The van der Waals surface area contributed by atoms with E-state index in [2.05, 4.69) is 15.2 Å². The van der Waals surface area contributed by atoms with Gasteiger partial charge in [-0.3, -0.25) is 19.1 Å². The van der Waals surface area contributed by atoms with Gasteiger partial charge in [-0.15, -0.1) is 0 Å². The Hall–Kier alpha value is -3.43. The second-order valence-corrected chi connectivity index (χ2v) is 11.3. The Labute approximate surface area is 227 Å². The number of hydrogen-bond donors (Lipinski definition) is 1. The molecule has 2 saturated carbocycles. The van der Waals surface area contributed by atoms with E-state index >= 15 is 0 Å². The summed E-state index contributed by atoms with van der Waals surface area (Å²) in [5, 5.41) is 3.98. The van der Waals surface area contributed by atoms with Crippen LogP contribution in [0.25, 0.3) is 22.2 Å². The van der Waals surface area contributed by atoms with E-state index in [0.29, 0.717) is 67.6 Å². The minimum Gasteiger partial charge on any atom is -0.486 e. The van der Waals surface area contributed by atoms with Crippen LogP contribution in [0.5, 0.6) is 11.5 Å². The van der Waals surface area contributed by atoms with Gasteiger partial charge in [0.25, 0.3) is 11.5 Å². The summed E-state index contributed by atoms with van der Waals surface area (Å²) in [4.78, 5) is 35.1. The predicted octanol–water partition coefficient (Wildman–Crippen LogP) is 3.23. The normalized spacial score (nSPS) is 20.4. The lowest BCUT2D eigenvalue weighted by atomic mass is 9.54. The highest BCUT2D eigenvalue weighted by molar-refractivity contribution is 6.08. The van der Waals surface area contributed by atoms with Crippen LogP contribution in [0.15, 0.2) is 41.3 Å². The number of hydrogen-bond acceptors (Lipinski definition) is 7. The fourth-order valence-corrected chi connectivity index (χ4v) is 6.69. The highest BCUT2D eigenvalue weighted by Crippen LogP contribution is 2.55. The SMILES string of the molecule is O=C(NC1CC2(CCC2)C1)c1c(-c2ccc3c(c2)OCCO3)c2cccnc2n(CCN2CCOCC2)c1=O. The third-order valence-electron chi connectivity index (χ3n) is 8.93. The molecule has 1 N–H and O–H groups in total. The maximum absolute atomic E-state index is 14.2. The van der Waals surface area contributed by atoms with Crippen LogP contribution in [0.4, 0.5) is 0 Å². The smallest absolute Gasteiger partial charge is 0.265 e. The number of nitrogens with zero attached hydrogens (tertiary/aromatic N) is 3. The van der Waals surface area contributed by atoms with Gasteiger partial charge in [0.1, 0.15) is 24.4 Å². The first-order valence-corrected chi connectivity index (χ1v) is 14.1. The van der Waals surface area contributed by atoms with Crippen molar-refractivity contribution >= 4 is 16.9 Å². The van der Waals surface area contributed by atoms with Gasteiger partial charge in [-0.1, -0.05) is 12.5 Å². The number of rotatable bonds is 6. The summed E-state index contributed by atoms with van der Waals surface area (Å²) >= 11 is 0. The van der Waals surface area contributed by atoms with E-state index in [0.717, 1.165) is 36.9 Å². The van der Waals surface area contributed by atoms with Crippen LogP contribution in [-0.2, 0) is 11.3 Å². The minimum atomic E-state index is -0.311. The molecule has 4 aliphatic rings. The van der Waals surface area contributed by atoms with E-state index in [4.69, 9.17) is 14.2 Å². The van der Waals surface area contributed by atoms with Gasteiger partial charge in [-0.2, -0.15) is 0 Å². The Kier molecular flexibility index (Phi) is 6.28. The Morgan fingerprint density at radius 2 is 1.82 bits per heavy atom. The number of aromatic nitrogens is 2. The van der Waals surface area contributed by atoms with Crippen LogP contribution in [0.3, 0.4) is 0 Å². The topological polar surface area (TPSA) is 94.9 Å². The standard InChI is InChI=1S/C30H34N4O5/c35-28(32-21-18-30(19-21)6-2-7-30)26-25(20-4-5-23-24(17-20)39-16-15-38-23)22-3-1-8-31-27(22)34(29(26)36)10-9-33-11-13-37-14-12-33/h1,3-5,8,17,21H,2,6-7,9-16,18-19H2,(H,32,35). The number of benzene rings is 1. The van der Waals surface area contributed by atoms with Crippen molar-refractivity contribution in [2.24, 2.45) is 5.41 Å². The van der Waals surface area contributed by atoms with Gasteiger partial charge in [0.15, 0.2) is 11.5 Å². The Morgan fingerprint density at radius 3 is 2.59 bits per heavy atom. The van der Waals surface area contributed by atoms with E-state index in [1.54, 1.807) is 10.8 Å². The number of carbonyl (C=O) groups excluding carboxylic acids is 1. The number of morpholine rings is 1. The number of ether oxygens (including phenoxy) is 3. The van der Waals surface area contributed by atoms with E-state index in [1.165, 1.54) is 19.3 Å². The average Bonchev–Trinajstić information content (AvgIpc) is 2.93. The molecule has 1 amide bonds. The lowest BCUT2D eigenvalue weighted by molar-refractivity contribution is -0.000641. The van der Waals surface area contributed by atoms with Crippen molar-refractivity contribution in [2.45, 2.75) is 44.7 Å². The molecule has 2 aliphatic carbocycles. The molecule has 3 aromatic rings. The van der Waals surface area contributed by atoms with Gasteiger partial charge < -0.3 is 19.5 Å². The largest absolute Gasteiger partial charge is 0.486 e. The van der Waals surface area contributed by atoms with E-state index < -0.39 is 0 Å². The molecule has 2 aliphatic heterocycles. The summed E-state index contributed by atoms with van der Waals surface area (Å²) in [6.45, 7) is 5.11. The summed E-state index contributed by atoms with van der Waals surface area (Å²) in [5.74, 6) is 0.969. The van der Waals surface area contributed by atoms with Crippen LogP contribution >= 0.6 is 0 Å². The van der Waals surface area contributed by atoms with Crippen molar-refractivity contribution < 1.29 is 19.0 Å². The molecule has 7 rings (SSSR count). The fourth-order valence-electron chi connectivity index (χ4n) is 6.69. The molecule has 4 heterocycles. The Bertz CT molecular complexity index is 1470. The lowest BCUT2D eigenvalue weighted by Gasteiger charge is -2.54. The molecule has 0 unspecified atom stereocenters. The van der Waals surface area contributed by atoms with Crippen molar-refractivity contribution in [1.29, 1.82) is 0 Å². The molecule has 9 heteroatoms. The van der Waals surface area contributed by atoms with E-state index in [1.807, 2.05) is 30.3 Å². The number of fused-ring (bicyclic) bond motifs is 2. The summed E-state index contributed by atoms with van der Waals surface area (Å²) in [6, 6.07) is 9.53. The molecule has 9 nitrogen and oxygen atoms in total. The summed E-state index contributed by atoms with van der Waals surface area (Å²) in [6.07, 6.45) is 7.47. The molecule has 0 bridgehead atoms. The summed E-state index contributed by atoms with van der Waals surface area (Å²) in [5.41, 5.74) is 2.19. The second-order valence-electron chi connectivity index (χ2n) is 11.3. The number of nitrogens with one attached hydrogen (secondary N) is 1. The van der Waals surface area contributed by atoms with Crippen LogP contribution < -0.4 is 20.3 Å². The fraction of sp³-hybridized carbons (Fsp3) is 0.500. The highest BCUT2D eigenvalue weighted by Gasteiger charge is 2.48. The minimum absolute atomic E-state index is 0.108. The van der Waals surface area contributed by atoms with E-state index in [-0.39, 0.29) is 23.1 Å². The molecular formula is C30H34N4O5. The van der Waals surface area contributed by atoms with Crippen LogP contribution in [0.1, 0.15) is 42.5 Å². The third-order valence-corrected chi connectivity index (χ3v) is 8.93. The molecule has 1 saturated heterocycles. The predicted molar refractivity (Wildman–Crippen MR) is 146 cm³/mol. The van der Waals surface area contributed by atoms with Gasteiger partial charge >= 0.3 is 0 Å². The van der Waals surface area contributed by atoms with Gasteiger partial charge in [0.05, 0.1) is 13.2 Å². The molecular weight excluding hydrogens is 496 g/mol. The number of amides is 1. The lowest BCUT2D eigenvalue weighted by Crippen LogP contribution is -2.54.